The van der Waals surface area contributed by atoms with Crippen LogP contribution in [0.15, 0.2) is 0 Å². The maximum atomic E-state index is 11.9. The van der Waals surface area contributed by atoms with Gasteiger partial charge in [0.1, 0.15) is 0 Å². The first-order valence-corrected chi connectivity index (χ1v) is 5.91. The number of hydrogen-bond acceptors (Lipinski definition) is 3. The number of carbonyl (C=O) groups is 2. The molecule has 5 nitrogen and oxygen atoms in total. The molecule has 1 saturated heterocycles. The van der Waals surface area contributed by atoms with Crippen LogP contribution in [0.1, 0.15) is 32.6 Å². The van der Waals surface area contributed by atoms with E-state index in [-0.39, 0.29) is 24.3 Å². The highest BCUT2D eigenvalue weighted by molar-refractivity contribution is 5.81. The second-order valence-electron chi connectivity index (χ2n) is 4.28. The summed E-state index contributed by atoms with van der Waals surface area (Å²) < 4.78 is 0. The van der Waals surface area contributed by atoms with Crippen LogP contribution in [0.4, 0.5) is 0 Å². The van der Waals surface area contributed by atoms with Crippen LogP contribution in [0, 0.1) is 0 Å². The van der Waals surface area contributed by atoms with Crippen LogP contribution in [0.2, 0.25) is 0 Å². The third kappa shape index (κ3) is 4.18. The molecule has 1 aliphatic rings. The molecule has 1 heterocycles. The van der Waals surface area contributed by atoms with E-state index in [4.69, 9.17) is 5.73 Å². The van der Waals surface area contributed by atoms with Crippen LogP contribution < -0.4 is 11.1 Å². The zero-order chi connectivity index (χ0) is 12.0. The summed E-state index contributed by atoms with van der Waals surface area (Å²) in [5.74, 6) is -0.214. The van der Waals surface area contributed by atoms with Crippen LogP contribution in [-0.4, -0.2) is 42.4 Å². The summed E-state index contributed by atoms with van der Waals surface area (Å²) in [5.41, 5.74) is 5.02. The monoisotopic (exact) mass is 227 g/mol. The minimum Gasteiger partial charge on any atom is -0.370 e. The number of rotatable bonds is 5. The lowest BCUT2D eigenvalue weighted by Crippen LogP contribution is -2.47. The van der Waals surface area contributed by atoms with Gasteiger partial charge in [-0.05, 0) is 26.2 Å². The van der Waals surface area contributed by atoms with Gasteiger partial charge in [0.25, 0.3) is 0 Å². The lowest BCUT2D eigenvalue weighted by molar-refractivity contribution is -0.134. The van der Waals surface area contributed by atoms with Gasteiger partial charge in [-0.2, -0.15) is 0 Å². The number of nitrogens with one attached hydrogen (secondary N) is 1. The molecule has 1 unspecified atom stereocenters. The summed E-state index contributed by atoms with van der Waals surface area (Å²) in [6.07, 6.45) is 3.68. The quantitative estimate of drug-likeness (QED) is 0.686. The minimum absolute atomic E-state index is 0.129. The first-order valence-electron chi connectivity index (χ1n) is 5.91. The average molecular weight is 227 g/mol. The van der Waals surface area contributed by atoms with Crippen molar-refractivity contribution in [3.63, 3.8) is 0 Å². The fourth-order valence-corrected chi connectivity index (χ4v) is 1.89. The van der Waals surface area contributed by atoms with E-state index in [1.807, 2.05) is 11.8 Å². The topological polar surface area (TPSA) is 75.4 Å². The van der Waals surface area contributed by atoms with Crippen molar-refractivity contribution in [2.24, 2.45) is 5.73 Å². The Balaban J connectivity index is 2.26. The molecule has 5 heteroatoms. The van der Waals surface area contributed by atoms with Crippen LogP contribution in [0.5, 0.6) is 0 Å². The molecule has 1 fully saturated rings. The molecule has 0 spiro atoms. The van der Waals surface area contributed by atoms with Gasteiger partial charge in [0, 0.05) is 26.1 Å². The molecule has 1 rings (SSSR count). The number of likely N-dealkylation sites (tertiary alicyclic amines) is 1. The van der Waals surface area contributed by atoms with Crippen LogP contribution in [-0.2, 0) is 9.59 Å². The van der Waals surface area contributed by atoms with Gasteiger partial charge in [-0.25, -0.2) is 0 Å². The molecule has 2 amide bonds. The van der Waals surface area contributed by atoms with Gasteiger partial charge in [0.05, 0.1) is 6.04 Å². The number of amides is 2. The SMILES string of the molecule is CC(NCCC(N)=O)C(=O)N1CCCCC1. The Kier molecular flexibility index (Phi) is 5.25. The number of primary amides is 1. The number of piperidine rings is 1. The molecule has 1 aliphatic heterocycles. The number of nitrogens with zero attached hydrogens (tertiary/aromatic N) is 1. The molecule has 0 saturated carbocycles. The molecule has 0 aromatic carbocycles. The molecule has 92 valence electrons. The van der Waals surface area contributed by atoms with Crippen molar-refractivity contribution >= 4 is 11.8 Å². The van der Waals surface area contributed by atoms with E-state index in [0.29, 0.717) is 6.54 Å². The van der Waals surface area contributed by atoms with Crippen LogP contribution in [0.25, 0.3) is 0 Å². The molecular formula is C11H21N3O2. The molecule has 3 N–H and O–H groups in total. The Labute approximate surface area is 96.4 Å². The van der Waals surface area contributed by atoms with E-state index in [0.717, 1.165) is 25.9 Å². The maximum absolute atomic E-state index is 11.9. The van der Waals surface area contributed by atoms with E-state index >= 15 is 0 Å². The van der Waals surface area contributed by atoms with Crippen molar-refractivity contribution in [2.75, 3.05) is 19.6 Å². The van der Waals surface area contributed by atoms with Gasteiger partial charge in [-0.3, -0.25) is 9.59 Å². The van der Waals surface area contributed by atoms with Crippen LogP contribution >= 0.6 is 0 Å². The summed E-state index contributed by atoms with van der Waals surface area (Å²) in [6.45, 7) is 4.02. The molecule has 0 aromatic rings. The highest BCUT2D eigenvalue weighted by atomic mass is 16.2. The van der Waals surface area contributed by atoms with Crippen molar-refractivity contribution in [1.82, 2.24) is 10.2 Å². The molecule has 0 bridgehead atoms. The van der Waals surface area contributed by atoms with Gasteiger partial charge in [0.15, 0.2) is 0 Å². The predicted molar refractivity (Wildman–Crippen MR) is 61.7 cm³/mol. The zero-order valence-corrected chi connectivity index (χ0v) is 9.87. The molecular weight excluding hydrogens is 206 g/mol. The van der Waals surface area contributed by atoms with Crippen molar-refractivity contribution < 1.29 is 9.59 Å². The van der Waals surface area contributed by atoms with Crippen LogP contribution in [0.3, 0.4) is 0 Å². The van der Waals surface area contributed by atoms with Gasteiger partial charge < -0.3 is 16.0 Å². The summed E-state index contributed by atoms with van der Waals surface area (Å²) >= 11 is 0. The van der Waals surface area contributed by atoms with E-state index < -0.39 is 0 Å². The summed E-state index contributed by atoms with van der Waals surface area (Å²) in [7, 11) is 0. The highest BCUT2D eigenvalue weighted by Gasteiger charge is 2.21. The average Bonchev–Trinajstić information content (AvgIpc) is 2.28. The van der Waals surface area contributed by atoms with E-state index in [1.165, 1.54) is 6.42 Å². The second-order valence-corrected chi connectivity index (χ2v) is 4.28. The lowest BCUT2D eigenvalue weighted by atomic mass is 10.1. The summed E-state index contributed by atoms with van der Waals surface area (Å²) in [5, 5.41) is 3.02. The lowest BCUT2D eigenvalue weighted by Gasteiger charge is -2.29. The van der Waals surface area contributed by atoms with Gasteiger partial charge in [-0.15, -0.1) is 0 Å². The van der Waals surface area contributed by atoms with Crippen molar-refractivity contribution in [3.05, 3.63) is 0 Å². The molecule has 16 heavy (non-hydrogen) atoms. The summed E-state index contributed by atoms with van der Waals surface area (Å²) in [4.78, 5) is 24.4. The first-order chi connectivity index (χ1) is 7.61. The Hall–Kier alpha value is -1.10. The second kappa shape index (κ2) is 6.48. The minimum atomic E-state index is -0.342. The smallest absolute Gasteiger partial charge is 0.239 e. The fourth-order valence-electron chi connectivity index (χ4n) is 1.89. The Morgan fingerprint density at radius 1 is 1.31 bits per heavy atom. The standard InChI is InChI=1S/C11H21N3O2/c1-9(13-6-5-10(12)15)11(16)14-7-3-2-4-8-14/h9,13H,2-8H2,1H3,(H2,12,15). The van der Waals surface area contributed by atoms with E-state index in [9.17, 15) is 9.59 Å². The highest BCUT2D eigenvalue weighted by Crippen LogP contribution is 2.09. The van der Waals surface area contributed by atoms with Gasteiger partial charge in [0.2, 0.25) is 11.8 Å². The molecule has 0 radical (unpaired) electrons. The largest absolute Gasteiger partial charge is 0.370 e. The third-order valence-electron chi connectivity index (χ3n) is 2.86. The predicted octanol–water partition coefficient (Wildman–Crippen LogP) is -0.148. The third-order valence-corrected chi connectivity index (χ3v) is 2.86. The Morgan fingerprint density at radius 3 is 2.50 bits per heavy atom. The fraction of sp³-hybridized carbons (Fsp3) is 0.818. The number of carbonyl (C=O) groups excluding carboxylic acids is 2. The van der Waals surface area contributed by atoms with Gasteiger partial charge in [-0.1, -0.05) is 0 Å². The zero-order valence-electron chi connectivity index (χ0n) is 9.87. The number of hydrogen-bond donors (Lipinski definition) is 2. The van der Waals surface area contributed by atoms with E-state index in [2.05, 4.69) is 5.32 Å². The Bertz CT molecular complexity index is 250. The van der Waals surface area contributed by atoms with Crippen molar-refractivity contribution in [3.8, 4) is 0 Å². The molecule has 0 aliphatic carbocycles. The molecule has 1 atom stereocenters. The normalized spacial score (nSPS) is 18.2. The van der Waals surface area contributed by atoms with E-state index in [1.54, 1.807) is 0 Å². The van der Waals surface area contributed by atoms with Crippen molar-refractivity contribution in [2.45, 2.75) is 38.6 Å². The van der Waals surface area contributed by atoms with Crippen molar-refractivity contribution in [1.29, 1.82) is 0 Å². The first kappa shape index (κ1) is 13.0. The number of nitrogens with two attached hydrogens (primary N) is 1. The molecule has 0 aromatic heterocycles. The maximum Gasteiger partial charge on any atom is 0.239 e. The van der Waals surface area contributed by atoms with Gasteiger partial charge >= 0.3 is 0 Å². The Morgan fingerprint density at radius 2 is 1.94 bits per heavy atom. The summed E-state index contributed by atoms with van der Waals surface area (Å²) in [6, 6.07) is -0.225.